The molecule has 120 valence electrons. The Kier molecular flexibility index (Phi) is 4.23. The van der Waals surface area contributed by atoms with Gasteiger partial charge in [-0.25, -0.2) is 8.42 Å². The van der Waals surface area contributed by atoms with E-state index in [0.717, 1.165) is 6.42 Å². The van der Waals surface area contributed by atoms with Crippen molar-refractivity contribution in [2.75, 3.05) is 13.1 Å². The molecule has 0 radical (unpaired) electrons. The van der Waals surface area contributed by atoms with Gasteiger partial charge >= 0.3 is 0 Å². The highest BCUT2D eigenvalue weighted by Gasteiger charge is 2.36. The molecule has 0 saturated carbocycles. The van der Waals surface area contributed by atoms with Crippen LogP contribution >= 0.6 is 0 Å². The lowest BCUT2D eigenvalue weighted by Gasteiger charge is -2.34. The molecular weight excluding hydrogens is 286 g/mol. The summed E-state index contributed by atoms with van der Waals surface area (Å²) >= 11 is 0. The van der Waals surface area contributed by atoms with Gasteiger partial charge in [0.1, 0.15) is 4.90 Å². The van der Waals surface area contributed by atoms with Gasteiger partial charge in [0.05, 0.1) is 5.69 Å². The molecule has 1 aliphatic rings. The maximum absolute atomic E-state index is 13.0. The van der Waals surface area contributed by atoms with E-state index < -0.39 is 10.0 Å². The Labute approximate surface area is 128 Å². The summed E-state index contributed by atoms with van der Waals surface area (Å²) in [5.74, 6) is 0.802. The van der Waals surface area contributed by atoms with Gasteiger partial charge in [0, 0.05) is 31.7 Å². The summed E-state index contributed by atoms with van der Waals surface area (Å²) in [5.41, 5.74) is 0.354. The lowest BCUT2D eigenvalue weighted by molar-refractivity contribution is 0.222. The van der Waals surface area contributed by atoms with Crippen LogP contribution in [0.15, 0.2) is 11.1 Å². The molecule has 5 nitrogen and oxygen atoms in total. The largest absolute Gasteiger partial charge is 0.274 e. The van der Waals surface area contributed by atoms with Crippen molar-refractivity contribution in [1.82, 2.24) is 14.1 Å². The van der Waals surface area contributed by atoms with Crippen molar-refractivity contribution in [3.63, 3.8) is 0 Å². The number of rotatable bonds is 2. The van der Waals surface area contributed by atoms with E-state index in [9.17, 15) is 8.42 Å². The van der Waals surface area contributed by atoms with Gasteiger partial charge < -0.3 is 0 Å². The van der Waals surface area contributed by atoms with Crippen molar-refractivity contribution in [3.8, 4) is 0 Å². The fourth-order valence-corrected chi connectivity index (χ4v) is 5.17. The first kappa shape index (κ1) is 16.5. The molecule has 0 aromatic carbocycles. The Balaban J connectivity index is 2.45. The number of piperidine rings is 1. The second-order valence-electron chi connectivity index (χ2n) is 7.53. The third-order valence-electron chi connectivity index (χ3n) is 3.96. The van der Waals surface area contributed by atoms with E-state index in [1.807, 2.05) is 20.8 Å². The molecule has 21 heavy (non-hydrogen) atoms. The maximum Gasteiger partial charge on any atom is 0.246 e. The quantitative estimate of drug-likeness (QED) is 0.842. The Morgan fingerprint density at radius 3 is 2.19 bits per heavy atom. The number of hydrogen-bond acceptors (Lipinski definition) is 3. The SMILES string of the molecule is CC1CC(C)CN(S(=O)(=O)c2cn(C)nc2C(C)(C)C)C1. The minimum absolute atomic E-state index is 0.295. The van der Waals surface area contributed by atoms with Crippen LogP contribution in [-0.4, -0.2) is 35.6 Å². The van der Waals surface area contributed by atoms with Crippen LogP contribution in [0.2, 0.25) is 0 Å². The number of sulfonamides is 1. The van der Waals surface area contributed by atoms with Crippen molar-refractivity contribution in [2.45, 2.75) is 51.3 Å². The third-order valence-corrected chi connectivity index (χ3v) is 5.79. The first-order valence-electron chi connectivity index (χ1n) is 7.56. The van der Waals surface area contributed by atoms with E-state index >= 15 is 0 Å². The molecule has 0 bridgehead atoms. The number of nitrogens with zero attached hydrogens (tertiary/aromatic N) is 3. The highest BCUT2D eigenvalue weighted by Crippen LogP contribution is 2.32. The Hall–Kier alpha value is -0.880. The molecule has 2 heterocycles. The van der Waals surface area contributed by atoms with Crippen LogP contribution in [0, 0.1) is 11.8 Å². The predicted octanol–water partition coefficient (Wildman–Crippen LogP) is 2.38. The second-order valence-corrected chi connectivity index (χ2v) is 9.44. The molecule has 2 atom stereocenters. The van der Waals surface area contributed by atoms with Crippen molar-refractivity contribution in [1.29, 1.82) is 0 Å². The lowest BCUT2D eigenvalue weighted by atomic mass is 9.92. The standard InChI is InChI=1S/C15H27N3O2S/c1-11-7-12(2)9-18(8-11)21(19,20)13-10-17(6)16-14(13)15(3,4)5/h10-12H,7-9H2,1-6H3. The average molecular weight is 313 g/mol. The van der Waals surface area contributed by atoms with E-state index in [4.69, 9.17) is 0 Å². The molecule has 1 saturated heterocycles. The van der Waals surface area contributed by atoms with Crippen LogP contribution in [0.1, 0.15) is 46.7 Å². The first-order chi connectivity index (χ1) is 9.51. The number of hydrogen-bond donors (Lipinski definition) is 0. The number of aromatic nitrogens is 2. The second kappa shape index (κ2) is 5.39. The maximum atomic E-state index is 13.0. The van der Waals surface area contributed by atoms with E-state index in [2.05, 4.69) is 18.9 Å². The zero-order valence-corrected chi connectivity index (χ0v) is 14.7. The molecular formula is C15H27N3O2S. The molecule has 1 fully saturated rings. The van der Waals surface area contributed by atoms with Crippen molar-refractivity contribution in [2.24, 2.45) is 18.9 Å². The summed E-state index contributed by atoms with van der Waals surface area (Å²) in [6.45, 7) is 11.4. The zero-order chi connectivity index (χ0) is 16.0. The van der Waals surface area contributed by atoms with E-state index in [-0.39, 0.29) is 5.41 Å². The summed E-state index contributed by atoms with van der Waals surface area (Å²) < 4.78 is 29.3. The van der Waals surface area contributed by atoms with Crippen molar-refractivity contribution < 1.29 is 8.42 Å². The van der Waals surface area contributed by atoms with Gasteiger partial charge in [-0.3, -0.25) is 4.68 Å². The van der Waals surface area contributed by atoms with Gasteiger partial charge in [-0.05, 0) is 18.3 Å². The molecule has 0 amide bonds. The smallest absolute Gasteiger partial charge is 0.246 e. The van der Waals surface area contributed by atoms with Gasteiger partial charge in [-0.2, -0.15) is 9.40 Å². The van der Waals surface area contributed by atoms with Gasteiger partial charge in [0.25, 0.3) is 0 Å². The first-order valence-corrected chi connectivity index (χ1v) is 9.00. The van der Waals surface area contributed by atoms with Crippen LogP contribution in [0.5, 0.6) is 0 Å². The third kappa shape index (κ3) is 3.31. The normalized spacial score (nSPS) is 25.2. The molecule has 2 unspecified atom stereocenters. The Morgan fingerprint density at radius 2 is 1.71 bits per heavy atom. The fourth-order valence-electron chi connectivity index (χ4n) is 3.12. The van der Waals surface area contributed by atoms with Gasteiger partial charge in [-0.15, -0.1) is 0 Å². The molecule has 1 aromatic heterocycles. The fraction of sp³-hybridized carbons (Fsp3) is 0.800. The van der Waals surface area contributed by atoms with Gasteiger partial charge in [0.15, 0.2) is 0 Å². The molecule has 6 heteroatoms. The summed E-state index contributed by atoms with van der Waals surface area (Å²) in [4.78, 5) is 0.360. The Bertz CT molecular complexity index is 603. The van der Waals surface area contributed by atoms with Crippen molar-refractivity contribution >= 4 is 10.0 Å². The van der Waals surface area contributed by atoms with Crippen molar-refractivity contribution in [3.05, 3.63) is 11.9 Å². The van der Waals surface area contributed by atoms with E-state index in [1.165, 1.54) is 0 Å². The van der Waals surface area contributed by atoms with Gasteiger partial charge in [-0.1, -0.05) is 34.6 Å². The zero-order valence-electron chi connectivity index (χ0n) is 13.9. The molecule has 0 N–H and O–H groups in total. The van der Waals surface area contributed by atoms with Crippen LogP contribution in [0.3, 0.4) is 0 Å². The topological polar surface area (TPSA) is 55.2 Å². The van der Waals surface area contributed by atoms with Crippen LogP contribution < -0.4 is 0 Å². The summed E-state index contributed by atoms with van der Waals surface area (Å²) in [6.07, 6.45) is 2.73. The van der Waals surface area contributed by atoms with E-state index in [0.29, 0.717) is 35.5 Å². The minimum atomic E-state index is -3.47. The molecule has 2 rings (SSSR count). The van der Waals surface area contributed by atoms with Gasteiger partial charge in [0.2, 0.25) is 10.0 Å². The molecule has 1 aromatic rings. The predicted molar refractivity (Wildman–Crippen MR) is 83.6 cm³/mol. The highest BCUT2D eigenvalue weighted by atomic mass is 32.2. The summed E-state index contributed by atoms with van der Waals surface area (Å²) in [5, 5.41) is 4.39. The minimum Gasteiger partial charge on any atom is -0.274 e. The number of aryl methyl sites for hydroxylation is 1. The lowest BCUT2D eigenvalue weighted by Crippen LogP contribution is -2.43. The van der Waals surface area contributed by atoms with Crippen LogP contribution in [0.4, 0.5) is 0 Å². The van der Waals surface area contributed by atoms with Crippen LogP contribution in [-0.2, 0) is 22.5 Å². The van der Waals surface area contributed by atoms with Crippen LogP contribution in [0.25, 0.3) is 0 Å². The summed E-state index contributed by atoms with van der Waals surface area (Å²) in [7, 11) is -1.70. The highest BCUT2D eigenvalue weighted by molar-refractivity contribution is 7.89. The average Bonchev–Trinajstić information content (AvgIpc) is 2.70. The molecule has 0 aliphatic carbocycles. The summed E-state index contributed by atoms with van der Waals surface area (Å²) in [6, 6.07) is 0. The molecule has 1 aliphatic heterocycles. The Morgan fingerprint density at radius 1 is 1.19 bits per heavy atom. The molecule has 0 spiro atoms. The monoisotopic (exact) mass is 313 g/mol. The van der Waals surface area contributed by atoms with E-state index in [1.54, 1.807) is 22.2 Å².